The summed E-state index contributed by atoms with van der Waals surface area (Å²) in [6, 6.07) is 16.7. The van der Waals surface area contributed by atoms with E-state index >= 15 is 0 Å². The highest BCUT2D eigenvalue weighted by atomic mass is 35.5. The van der Waals surface area contributed by atoms with Crippen LogP contribution in [0.15, 0.2) is 65.8 Å². The molecule has 10 heteroatoms. The lowest BCUT2D eigenvalue weighted by Crippen LogP contribution is -2.19. The van der Waals surface area contributed by atoms with Crippen LogP contribution in [0.1, 0.15) is 35.7 Å². The summed E-state index contributed by atoms with van der Waals surface area (Å²) in [6.07, 6.45) is 0.728. The molecule has 6 nitrogen and oxygen atoms in total. The van der Waals surface area contributed by atoms with Gasteiger partial charge in [-0.2, -0.15) is 5.10 Å². The Hall–Kier alpha value is -2.77. The molecule has 3 rings (SSSR count). The number of anilines is 1. The number of ether oxygens (including phenoxy) is 1. The van der Waals surface area contributed by atoms with E-state index in [-0.39, 0.29) is 23.3 Å². The number of hydrogen-bond acceptors (Lipinski definition) is 4. The first-order valence-electron chi connectivity index (χ1n) is 10.5. The molecule has 0 aliphatic carbocycles. The topological polar surface area (TPSA) is 79.8 Å². The lowest BCUT2D eigenvalue weighted by Gasteiger charge is -2.09. The molecule has 0 radical (unpaired) electrons. The zero-order valence-electron chi connectivity index (χ0n) is 18.6. The molecule has 182 valence electrons. The van der Waals surface area contributed by atoms with Crippen LogP contribution >= 0.6 is 46.4 Å². The third-order valence-electron chi connectivity index (χ3n) is 4.78. The molecule has 2 amide bonds. The minimum Gasteiger partial charge on any atom is -0.492 e. The van der Waals surface area contributed by atoms with Crippen molar-refractivity contribution in [2.24, 2.45) is 5.10 Å². The molecular formula is C25H21Cl4N3O3. The average Bonchev–Trinajstić information content (AvgIpc) is 2.81. The van der Waals surface area contributed by atoms with Gasteiger partial charge in [-0.05, 0) is 67.4 Å². The summed E-state index contributed by atoms with van der Waals surface area (Å²) in [5, 5.41) is 8.58. The first kappa shape index (κ1) is 26.8. The SMILES string of the molecule is C/C(=N\NC(=O)CCCOc1ccc(Cl)cc1Cl)c1ccc(NC(=O)c2ccc(Cl)cc2Cl)cc1. The predicted molar refractivity (Wildman–Crippen MR) is 142 cm³/mol. The summed E-state index contributed by atoms with van der Waals surface area (Å²) in [7, 11) is 0. The van der Waals surface area contributed by atoms with Gasteiger partial charge in [-0.15, -0.1) is 0 Å². The molecule has 0 aromatic heterocycles. The van der Waals surface area contributed by atoms with Crippen LogP contribution in [0, 0.1) is 0 Å². The molecular weight excluding hydrogens is 532 g/mol. The van der Waals surface area contributed by atoms with Gasteiger partial charge in [-0.1, -0.05) is 58.5 Å². The van der Waals surface area contributed by atoms with Gasteiger partial charge in [-0.3, -0.25) is 9.59 Å². The maximum atomic E-state index is 12.4. The van der Waals surface area contributed by atoms with E-state index in [9.17, 15) is 9.59 Å². The smallest absolute Gasteiger partial charge is 0.257 e. The third kappa shape index (κ3) is 8.15. The number of hydrazone groups is 1. The molecule has 0 unspecified atom stereocenters. The van der Waals surface area contributed by atoms with Gasteiger partial charge in [0.2, 0.25) is 5.91 Å². The van der Waals surface area contributed by atoms with Gasteiger partial charge >= 0.3 is 0 Å². The second kappa shape index (κ2) is 12.8. The van der Waals surface area contributed by atoms with Crippen LogP contribution in [-0.4, -0.2) is 24.1 Å². The average molecular weight is 553 g/mol. The monoisotopic (exact) mass is 551 g/mol. The summed E-state index contributed by atoms with van der Waals surface area (Å²) >= 11 is 23.9. The quantitative estimate of drug-likeness (QED) is 0.167. The Morgan fingerprint density at radius 2 is 1.54 bits per heavy atom. The van der Waals surface area contributed by atoms with Crippen molar-refractivity contribution < 1.29 is 14.3 Å². The fraction of sp³-hybridized carbons (Fsp3) is 0.160. The van der Waals surface area contributed by atoms with Crippen LogP contribution in [0.2, 0.25) is 20.1 Å². The number of halogens is 4. The standard InChI is InChI=1S/C25H21Cl4N3O3/c1-15(31-32-24(33)3-2-12-35-23-11-7-18(27)14-22(23)29)16-4-8-19(9-5-16)30-25(34)20-10-6-17(26)13-21(20)28/h4-11,13-14H,2-3,12H2,1H3,(H,30,34)(H,32,33)/b31-15+. The Kier molecular flexibility index (Phi) is 9.81. The maximum absolute atomic E-state index is 12.4. The second-order valence-corrected chi connectivity index (χ2v) is 9.10. The molecule has 3 aromatic carbocycles. The van der Waals surface area contributed by atoms with Crippen molar-refractivity contribution in [3.8, 4) is 5.75 Å². The van der Waals surface area contributed by atoms with Gasteiger partial charge < -0.3 is 10.1 Å². The van der Waals surface area contributed by atoms with Crippen molar-refractivity contribution in [3.05, 3.63) is 91.9 Å². The predicted octanol–water partition coefficient (Wildman–Crippen LogP) is 7.25. The van der Waals surface area contributed by atoms with Gasteiger partial charge in [0, 0.05) is 22.2 Å². The summed E-state index contributed by atoms with van der Waals surface area (Å²) in [5.74, 6) is -0.0699. The maximum Gasteiger partial charge on any atom is 0.257 e. The number of benzene rings is 3. The number of nitrogens with one attached hydrogen (secondary N) is 2. The Labute approximate surface area is 223 Å². The minimum atomic E-state index is -0.348. The molecule has 35 heavy (non-hydrogen) atoms. The normalized spacial score (nSPS) is 11.2. The number of nitrogens with zero attached hydrogens (tertiary/aromatic N) is 1. The number of hydrogen-bond donors (Lipinski definition) is 2. The van der Waals surface area contributed by atoms with E-state index in [1.807, 2.05) is 0 Å². The van der Waals surface area contributed by atoms with Gasteiger partial charge in [0.1, 0.15) is 5.75 Å². The number of carbonyl (C=O) groups is 2. The van der Waals surface area contributed by atoms with Crippen LogP contribution in [0.25, 0.3) is 0 Å². The van der Waals surface area contributed by atoms with Crippen molar-refractivity contribution in [1.29, 1.82) is 0 Å². The fourth-order valence-electron chi connectivity index (χ4n) is 2.94. The molecule has 0 spiro atoms. The van der Waals surface area contributed by atoms with Crippen molar-refractivity contribution >= 4 is 69.6 Å². The van der Waals surface area contributed by atoms with E-state index in [1.54, 1.807) is 61.5 Å². The van der Waals surface area contributed by atoms with E-state index in [2.05, 4.69) is 15.8 Å². The molecule has 0 bridgehead atoms. The third-order valence-corrected chi connectivity index (χ3v) is 5.86. The van der Waals surface area contributed by atoms with Gasteiger partial charge in [0.25, 0.3) is 5.91 Å². The first-order valence-corrected chi connectivity index (χ1v) is 12.0. The van der Waals surface area contributed by atoms with E-state index in [1.165, 1.54) is 6.07 Å². The summed E-state index contributed by atoms with van der Waals surface area (Å²) < 4.78 is 5.57. The molecule has 0 atom stereocenters. The highest BCUT2D eigenvalue weighted by Crippen LogP contribution is 2.27. The molecule has 0 saturated heterocycles. The van der Waals surface area contributed by atoms with E-state index in [4.69, 9.17) is 51.1 Å². The Bertz CT molecular complexity index is 1250. The van der Waals surface area contributed by atoms with Crippen LogP contribution in [0.3, 0.4) is 0 Å². The van der Waals surface area contributed by atoms with Crippen LogP contribution in [0.4, 0.5) is 5.69 Å². The van der Waals surface area contributed by atoms with E-state index < -0.39 is 0 Å². The lowest BCUT2D eigenvalue weighted by molar-refractivity contribution is -0.121. The largest absolute Gasteiger partial charge is 0.492 e. The van der Waals surface area contributed by atoms with Crippen molar-refractivity contribution in [1.82, 2.24) is 5.43 Å². The molecule has 0 aliphatic heterocycles. The van der Waals surface area contributed by atoms with Crippen LogP contribution < -0.4 is 15.5 Å². The molecule has 0 heterocycles. The Morgan fingerprint density at radius 3 is 2.20 bits per heavy atom. The molecule has 0 fully saturated rings. The molecule has 0 saturated carbocycles. The number of carbonyl (C=O) groups excluding carboxylic acids is 2. The second-order valence-electron chi connectivity index (χ2n) is 7.41. The lowest BCUT2D eigenvalue weighted by atomic mass is 10.1. The molecule has 0 aliphatic rings. The highest BCUT2D eigenvalue weighted by molar-refractivity contribution is 6.37. The zero-order valence-corrected chi connectivity index (χ0v) is 21.6. The van der Waals surface area contributed by atoms with E-state index in [0.717, 1.165) is 5.56 Å². The van der Waals surface area contributed by atoms with Gasteiger partial charge in [0.15, 0.2) is 0 Å². The highest BCUT2D eigenvalue weighted by Gasteiger charge is 2.11. The molecule has 2 N–H and O–H groups in total. The van der Waals surface area contributed by atoms with Gasteiger partial charge in [0.05, 0.1) is 27.9 Å². The minimum absolute atomic E-state index is 0.236. The van der Waals surface area contributed by atoms with Crippen molar-refractivity contribution in [2.45, 2.75) is 19.8 Å². The van der Waals surface area contributed by atoms with Crippen LogP contribution in [0.5, 0.6) is 5.75 Å². The van der Waals surface area contributed by atoms with E-state index in [0.29, 0.717) is 50.8 Å². The van der Waals surface area contributed by atoms with Crippen molar-refractivity contribution in [2.75, 3.05) is 11.9 Å². The van der Waals surface area contributed by atoms with Gasteiger partial charge in [-0.25, -0.2) is 5.43 Å². The molecule has 3 aromatic rings. The summed E-state index contributed by atoms with van der Waals surface area (Å²) in [5.41, 5.74) is 4.84. The number of amides is 2. The summed E-state index contributed by atoms with van der Waals surface area (Å²) in [6.45, 7) is 2.10. The Balaban J connectivity index is 1.45. The number of rotatable bonds is 9. The Morgan fingerprint density at radius 1 is 0.886 bits per heavy atom. The van der Waals surface area contributed by atoms with Crippen molar-refractivity contribution in [3.63, 3.8) is 0 Å². The van der Waals surface area contributed by atoms with Crippen LogP contribution in [-0.2, 0) is 4.79 Å². The summed E-state index contributed by atoms with van der Waals surface area (Å²) in [4.78, 5) is 24.5. The fourth-order valence-corrected chi connectivity index (χ4v) is 3.90. The first-order chi connectivity index (χ1) is 16.7. The zero-order chi connectivity index (χ0) is 25.4.